The molecule has 0 aliphatic rings. The molecule has 0 saturated carbocycles. The molecule has 0 fully saturated rings. The Bertz CT molecular complexity index is 990. The maximum absolute atomic E-state index is 12.7. The Balaban J connectivity index is 2.30. The molecular weight excluding hydrogens is 410 g/mol. The van der Waals surface area contributed by atoms with Crippen LogP contribution in [-0.2, 0) is 16.0 Å². The molecule has 0 radical (unpaired) electrons. The highest BCUT2D eigenvalue weighted by Crippen LogP contribution is 2.32. The zero-order valence-electron chi connectivity index (χ0n) is 18.1. The number of carbonyl (C=O) groups excluding carboxylic acids is 2. The number of fused-ring (bicyclic) bond motifs is 1. The molecule has 2 rings (SSSR count). The standard InChI is InChI=1S/C22H28ClNO6/c1-7-8-13-9-18(25)28-16-11-17(15(23)10-14(13)16)29-20(26)19(12(2)3)24-21(27)30-22(4,5)6/h9-12,19H,7-8H2,1-6H3,(H,24,27)/t19-/m0/s1. The predicted molar refractivity (Wildman–Crippen MR) is 115 cm³/mol. The van der Waals surface area contributed by atoms with Crippen LogP contribution in [0.3, 0.4) is 0 Å². The molecule has 0 unspecified atom stereocenters. The second-order valence-corrected chi connectivity index (χ2v) is 8.82. The van der Waals surface area contributed by atoms with Crippen molar-refractivity contribution in [2.75, 3.05) is 0 Å². The van der Waals surface area contributed by atoms with Gasteiger partial charge in [0.1, 0.15) is 17.2 Å². The minimum atomic E-state index is -0.954. The maximum atomic E-state index is 12.7. The van der Waals surface area contributed by atoms with E-state index in [0.717, 1.165) is 12.0 Å². The Labute approximate surface area is 180 Å². The Morgan fingerprint density at radius 2 is 1.87 bits per heavy atom. The number of halogens is 1. The van der Waals surface area contributed by atoms with Crippen LogP contribution in [0, 0.1) is 5.92 Å². The number of carbonyl (C=O) groups is 2. The lowest BCUT2D eigenvalue weighted by molar-refractivity contribution is -0.137. The van der Waals surface area contributed by atoms with Crippen molar-refractivity contribution in [3.05, 3.63) is 39.2 Å². The number of esters is 1. The van der Waals surface area contributed by atoms with E-state index in [2.05, 4.69) is 5.32 Å². The summed E-state index contributed by atoms with van der Waals surface area (Å²) in [5, 5.41) is 3.42. The van der Waals surface area contributed by atoms with Crippen molar-refractivity contribution in [1.29, 1.82) is 0 Å². The Kier molecular flexibility index (Phi) is 7.53. The molecule has 1 atom stereocenters. The van der Waals surface area contributed by atoms with E-state index in [1.807, 2.05) is 6.92 Å². The van der Waals surface area contributed by atoms with Gasteiger partial charge < -0.3 is 19.2 Å². The molecule has 8 heteroatoms. The number of aryl methyl sites for hydroxylation is 1. The fourth-order valence-corrected chi connectivity index (χ4v) is 3.09. The summed E-state index contributed by atoms with van der Waals surface area (Å²) < 4.78 is 15.9. The molecule has 1 aromatic carbocycles. The first-order valence-corrected chi connectivity index (χ1v) is 10.3. The first-order valence-electron chi connectivity index (χ1n) is 9.88. The lowest BCUT2D eigenvalue weighted by atomic mass is 10.0. The second-order valence-electron chi connectivity index (χ2n) is 8.41. The summed E-state index contributed by atoms with van der Waals surface area (Å²) in [5.41, 5.74) is -0.100. The number of nitrogens with one attached hydrogen (secondary N) is 1. The highest BCUT2D eigenvalue weighted by Gasteiger charge is 2.29. The summed E-state index contributed by atoms with van der Waals surface area (Å²) >= 11 is 6.33. The monoisotopic (exact) mass is 437 g/mol. The van der Waals surface area contributed by atoms with Crippen LogP contribution in [0.25, 0.3) is 11.0 Å². The molecule has 1 N–H and O–H groups in total. The number of ether oxygens (including phenoxy) is 2. The molecule has 1 amide bonds. The van der Waals surface area contributed by atoms with Crippen LogP contribution in [0.5, 0.6) is 5.75 Å². The smallest absolute Gasteiger partial charge is 0.408 e. The molecular formula is C22H28ClNO6. The van der Waals surface area contributed by atoms with Crippen LogP contribution in [0.4, 0.5) is 4.79 Å². The van der Waals surface area contributed by atoms with Gasteiger partial charge in [-0.1, -0.05) is 38.8 Å². The number of amides is 1. The molecule has 0 saturated heterocycles. The molecule has 30 heavy (non-hydrogen) atoms. The third-order valence-electron chi connectivity index (χ3n) is 4.21. The van der Waals surface area contributed by atoms with Gasteiger partial charge in [0, 0.05) is 17.5 Å². The molecule has 1 heterocycles. The topological polar surface area (TPSA) is 94.8 Å². The highest BCUT2D eigenvalue weighted by atomic mass is 35.5. The van der Waals surface area contributed by atoms with Gasteiger partial charge in [0.05, 0.1) is 5.02 Å². The van der Waals surface area contributed by atoms with Gasteiger partial charge in [0.15, 0.2) is 5.75 Å². The summed E-state index contributed by atoms with van der Waals surface area (Å²) in [4.78, 5) is 36.7. The van der Waals surface area contributed by atoms with Crippen LogP contribution in [0.15, 0.2) is 27.4 Å². The predicted octanol–water partition coefficient (Wildman–Crippen LogP) is 4.85. The minimum Gasteiger partial charge on any atom is -0.444 e. The van der Waals surface area contributed by atoms with Gasteiger partial charge in [0.25, 0.3) is 0 Å². The Morgan fingerprint density at radius 1 is 1.20 bits per heavy atom. The van der Waals surface area contributed by atoms with E-state index in [4.69, 9.17) is 25.5 Å². The van der Waals surface area contributed by atoms with Crippen molar-refractivity contribution in [3.8, 4) is 5.75 Å². The summed E-state index contributed by atoms with van der Waals surface area (Å²) in [6.07, 6.45) is 0.810. The summed E-state index contributed by atoms with van der Waals surface area (Å²) in [5.74, 6) is -0.926. The van der Waals surface area contributed by atoms with Crippen molar-refractivity contribution in [1.82, 2.24) is 5.32 Å². The van der Waals surface area contributed by atoms with Crippen LogP contribution < -0.4 is 15.7 Å². The lowest BCUT2D eigenvalue weighted by Gasteiger charge is -2.24. The first-order chi connectivity index (χ1) is 13.9. The lowest BCUT2D eigenvalue weighted by Crippen LogP contribution is -2.48. The SMILES string of the molecule is CCCc1cc(=O)oc2cc(OC(=O)[C@@H](NC(=O)OC(C)(C)C)C(C)C)c(Cl)cc12. The molecule has 164 valence electrons. The van der Waals surface area contributed by atoms with E-state index in [0.29, 0.717) is 11.8 Å². The highest BCUT2D eigenvalue weighted by molar-refractivity contribution is 6.33. The van der Waals surface area contributed by atoms with E-state index < -0.39 is 29.3 Å². The summed E-state index contributed by atoms with van der Waals surface area (Å²) in [7, 11) is 0. The fourth-order valence-electron chi connectivity index (χ4n) is 2.89. The van der Waals surface area contributed by atoms with Crippen LogP contribution in [-0.4, -0.2) is 23.7 Å². The average molecular weight is 438 g/mol. The van der Waals surface area contributed by atoms with E-state index in [1.54, 1.807) is 40.7 Å². The minimum absolute atomic E-state index is 0.0441. The molecule has 0 bridgehead atoms. The first kappa shape index (κ1) is 23.7. The summed E-state index contributed by atoms with van der Waals surface area (Å²) in [6, 6.07) is 3.51. The van der Waals surface area contributed by atoms with Gasteiger partial charge in [-0.3, -0.25) is 0 Å². The average Bonchev–Trinajstić information content (AvgIpc) is 2.59. The fraction of sp³-hybridized carbons (Fsp3) is 0.500. The second kappa shape index (κ2) is 9.51. The van der Waals surface area contributed by atoms with Crippen molar-refractivity contribution in [2.45, 2.75) is 66.0 Å². The number of alkyl carbamates (subject to hydrolysis) is 1. The van der Waals surface area contributed by atoms with Crippen LogP contribution in [0.2, 0.25) is 5.02 Å². The zero-order valence-corrected chi connectivity index (χ0v) is 18.9. The van der Waals surface area contributed by atoms with Gasteiger partial charge in [0.2, 0.25) is 0 Å². The molecule has 1 aromatic heterocycles. The number of rotatable bonds is 6. The molecule has 0 aliphatic heterocycles. The zero-order chi connectivity index (χ0) is 22.6. The Hall–Kier alpha value is -2.54. The normalized spacial score (nSPS) is 12.7. The van der Waals surface area contributed by atoms with Crippen molar-refractivity contribution >= 4 is 34.6 Å². The van der Waals surface area contributed by atoms with Gasteiger partial charge in [-0.05, 0) is 44.7 Å². The third kappa shape index (κ3) is 6.23. The molecule has 2 aromatic rings. The molecule has 0 aliphatic carbocycles. The van der Waals surface area contributed by atoms with E-state index in [1.165, 1.54) is 12.1 Å². The maximum Gasteiger partial charge on any atom is 0.408 e. The van der Waals surface area contributed by atoms with Crippen molar-refractivity contribution < 1.29 is 23.5 Å². The van der Waals surface area contributed by atoms with Crippen LogP contribution >= 0.6 is 11.6 Å². The number of hydrogen-bond donors (Lipinski definition) is 1. The van der Waals surface area contributed by atoms with Crippen LogP contribution in [0.1, 0.15) is 53.5 Å². The van der Waals surface area contributed by atoms with Gasteiger partial charge in [-0.25, -0.2) is 14.4 Å². The van der Waals surface area contributed by atoms with Gasteiger partial charge in [-0.15, -0.1) is 0 Å². The van der Waals surface area contributed by atoms with Gasteiger partial charge in [-0.2, -0.15) is 0 Å². The number of hydrogen-bond acceptors (Lipinski definition) is 6. The van der Waals surface area contributed by atoms with E-state index in [-0.39, 0.29) is 22.3 Å². The molecule has 7 nitrogen and oxygen atoms in total. The van der Waals surface area contributed by atoms with E-state index in [9.17, 15) is 14.4 Å². The van der Waals surface area contributed by atoms with E-state index >= 15 is 0 Å². The quantitative estimate of drug-likeness (QED) is 0.394. The largest absolute Gasteiger partial charge is 0.444 e. The third-order valence-corrected chi connectivity index (χ3v) is 4.50. The van der Waals surface area contributed by atoms with Crippen molar-refractivity contribution in [3.63, 3.8) is 0 Å². The van der Waals surface area contributed by atoms with Crippen molar-refractivity contribution in [2.24, 2.45) is 5.92 Å². The number of benzene rings is 1. The summed E-state index contributed by atoms with van der Waals surface area (Å²) in [6.45, 7) is 10.7. The molecule has 0 spiro atoms. The Morgan fingerprint density at radius 3 is 2.43 bits per heavy atom. The van der Waals surface area contributed by atoms with Gasteiger partial charge >= 0.3 is 17.7 Å².